The summed E-state index contributed by atoms with van der Waals surface area (Å²) in [6.45, 7) is 0. The molecular formula is Cl4K2Mg. The van der Waals surface area contributed by atoms with E-state index in [1.807, 2.05) is 0 Å². The molecule has 0 aromatic rings. The van der Waals surface area contributed by atoms with Crippen molar-refractivity contribution in [2.75, 3.05) is 0 Å². The van der Waals surface area contributed by atoms with Gasteiger partial charge in [0.05, 0.1) is 0 Å². The average Bonchev–Trinajstić information content (AvgIpc) is 0. The van der Waals surface area contributed by atoms with E-state index in [1.54, 1.807) is 0 Å². The number of rotatable bonds is 0. The minimum atomic E-state index is 0. The van der Waals surface area contributed by atoms with E-state index >= 15 is 0 Å². The predicted octanol–water partition coefficient (Wildman–Crippen LogP) is -18.4. The first-order valence-electron chi connectivity index (χ1n) is 0. The van der Waals surface area contributed by atoms with Gasteiger partial charge in [-0.2, -0.15) is 0 Å². The van der Waals surface area contributed by atoms with Gasteiger partial charge in [-0.3, -0.25) is 0 Å². The van der Waals surface area contributed by atoms with Crippen LogP contribution in [0, 0.1) is 0 Å². The Morgan fingerprint density at radius 3 is 0.429 bits per heavy atom. The maximum atomic E-state index is 0. The van der Waals surface area contributed by atoms with Crippen molar-refractivity contribution in [2.45, 2.75) is 0 Å². The predicted molar refractivity (Wildman–Crippen MR) is 5.75 cm³/mol. The minimum Gasteiger partial charge on any atom is -1.00 e. The van der Waals surface area contributed by atoms with Crippen LogP contribution in [0.2, 0.25) is 0 Å². The molecule has 32 valence electrons. The van der Waals surface area contributed by atoms with Crippen molar-refractivity contribution >= 4 is 23.1 Å². The molecule has 0 spiro atoms. The summed E-state index contributed by atoms with van der Waals surface area (Å²) in [5.41, 5.74) is 0. The molecule has 0 fully saturated rings. The largest absolute Gasteiger partial charge is 2.00 e. The van der Waals surface area contributed by atoms with E-state index in [-0.39, 0.29) is 175 Å². The second-order valence-electron chi connectivity index (χ2n) is 0. The maximum absolute atomic E-state index is 0. The van der Waals surface area contributed by atoms with Gasteiger partial charge in [0.25, 0.3) is 0 Å². The van der Waals surface area contributed by atoms with Crippen LogP contribution in [0.25, 0.3) is 0 Å². The van der Waals surface area contributed by atoms with Gasteiger partial charge in [-0.05, 0) is 0 Å². The number of hydrogen-bond donors (Lipinski definition) is 0. The van der Waals surface area contributed by atoms with E-state index in [0.717, 1.165) is 0 Å². The molecule has 0 radical (unpaired) electrons. The van der Waals surface area contributed by atoms with Crippen LogP contribution in [0.4, 0.5) is 0 Å². The van der Waals surface area contributed by atoms with Crippen molar-refractivity contribution in [3.05, 3.63) is 0 Å². The summed E-state index contributed by atoms with van der Waals surface area (Å²) in [5.74, 6) is 0. The Morgan fingerprint density at radius 1 is 0.429 bits per heavy atom. The normalized spacial score (nSPS) is 0. The van der Waals surface area contributed by atoms with E-state index < -0.39 is 0 Å². The van der Waals surface area contributed by atoms with Crippen LogP contribution < -0.4 is 152 Å². The fraction of sp³-hybridized carbons (Fsp3) is 0. The Labute approximate surface area is 170 Å². The first-order chi connectivity index (χ1) is 0. The molecule has 0 saturated heterocycles. The Morgan fingerprint density at radius 2 is 0.429 bits per heavy atom. The van der Waals surface area contributed by atoms with Crippen molar-refractivity contribution in [3.63, 3.8) is 0 Å². The monoisotopic (exact) mass is 242 g/mol. The summed E-state index contributed by atoms with van der Waals surface area (Å²) in [6, 6.07) is 0. The first kappa shape index (κ1) is 56.6. The van der Waals surface area contributed by atoms with E-state index in [0.29, 0.717) is 0 Å². The minimum absolute atomic E-state index is 0. The van der Waals surface area contributed by atoms with Gasteiger partial charge in [-0.15, -0.1) is 0 Å². The van der Waals surface area contributed by atoms with Crippen molar-refractivity contribution in [1.29, 1.82) is 0 Å². The summed E-state index contributed by atoms with van der Waals surface area (Å²) >= 11 is 0. The molecule has 0 rings (SSSR count). The van der Waals surface area contributed by atoms with Crippen molar-refractivity contribution < 1.29 is 152 Å². The molecular weight excluding hydrogens is 244 g/mol. The standard InChI is InChI=1S/4ClH.2K.Mg/h4*1H;;;/q;;;;2*+1;+2/p-4. The number of halogens is 4. The molecule has 0 unspecified atom stereocenters. The second-order valence-corrected chi connectivity index (χ2v) is 0. The van der Waals surface area contributed by atoms with Gasteiger partial charge in [-0.25, -0.2) is 0 Å². The van der Waals surface area contributed by atoms with Gasteiger partial charge in [0.2, 0.25) is 0 Å². The van der Waals surface area contributed by atoms with Gasteiger partial charge in [0.1, 0.15) is 0 Å². The number of hydrogen-bond acceptors (Lipinski definition) is 0. The van der Waals surface area contributed by atoms with Gasteiger partial charge >= 0.3 is 126 Å². The topological polar surface area (TPSA) is 0 Å². The fourth-order valence-electron chi connectivity index (χ4n) is 0. The van der Waals surface area contributed by atoms with Crippen molar-refractivity contribution in [1.82, 2.24) is 0 Å². The van der Waals surface area contributed by atoms with Gasteiger partial charge in [-0.1, -0.05) is 0 Å². The Hall–Kier alpha value is 5.20. The molecule has 7 heteroatoms. The van der Waals surface area contributed by atoms with E-state index in [9.17, 15) is 0 Å². The van der Waals surface area contributed by atoms with Crippen LogP contribution in [0.1, 0.15) is 0 Å². The maximum Gasteiger partial charge on any atom is 2.00 e. The summed E-state index contributed by atoms with van der Waals surface area (Å²) in [6.07, 6.45) is 0. The third kappa shape index (κ3) is 35.1. The zero-order chi connectivity index (χ0) is 0. The fourth-order valence-corrected chi connectivity index (χ4v) is 0. The SMILES string of the molecule is [Cl-].[Cl-].[Cl-].[Cl-].[K+].[K+].[Mg+2]. The third-order valence-corrected chi connectivity index (χ3v) is 0. The van der Waals surface area contributed by atoms with Crippen molar-refractivity contribution in [2.24, 2.45) is 0 Å². The Kier molecular flexibility index (Phi) is 349. The molecule has 0 bridgehead atoms. The molecule has 0 aromatic heterocycles. The molecule has 0 saturated carbocycles. The van der Waals surface area contributed by atoms with Crippen LogP contribution >= 0.6 is 0 Å². The molecule has 0 aliphatic carbocycles. The van der Waals surface area contributed by atoms with Crippen LogP contribution in [0.5, 0.6) is 0 Å². The summed E-state index contributed by atoms with van der Waals surface area (Å²) < 4.78 is 0. The summed E-state index contributed by atoms with van der Waals surface area (Å²) in [5, 5.41) is 0. The van der Waals surface area contributed by atoms with Crippen LogP contribution in [-0.2, 0) is 0 Å². The van der Waals surface area contributed by atoms with Crippen molar-refractivity contribution in [3.8, 4) is 0 Å². The first-order valence-corrected chi connectivity index (χ1v) is 0. The zero-order valence-electron chi connectivity index (χ0n) is 4.22. The van der Waals surface area contributed by atoms with Gasteiger partial charge < -0.3 is 49.6 Å². The van der Waals surface area contributed by atoms with E-state index in [4.69, 9.17) is 0 Å². The zero-order valence-corrected chi connectivity index (χ0v) is 14.9. The van der Waals surface area contributed by atoms with Crippen LogP contribution in [0.3, 0.4) is 0 Å². The van der Waals surface area contributed by atoms with Gasteiger partial charge in [0.15, 0.2) is 0 Å². The molecule has 0 aliphatic heterocycles. The molecule has 0 N–H and O–H groups in total. The molecule has 0 atom stereocenters. The molecule has 0 heterocycles. The Balaban J connectivity index is 0. The van der Waals surface area contributed by atoms with Crippen LogP contribution in [0.15, 0.2) is 0 Å². The quantitative estimate of drug-likeness (QED) is 0.371. The average molecular weight is 244 g/mol. The third-order valence-electron chi connectivity index (χ3n) is 0. The summed E-state index contributed by atoms with van der Waals surface area (Å²) in [4.78, 5) is 0. The second kappa shape index (κ2) is 43.1. The molecule has 0 aliphatic rings. The summed E-state index contributed by atoms with van der Waals surface area (Å²) in [7, 11) is 0. The van der Waals surface area contributed by atoms with Gasteiger partial charge in [0, 0.05) is 0 Å². The molecule has 7 heavy (non-hydrogen) atoms. The van der Waals surface area contributed by atoms with E-state index in [2.05, 4.69) is 0 Å². The smallest absolute Gasteiger partial charge is 1.00 e. The van der Waals surface area contributed by atoms with E-state index in [1.165, 1.54) is 0 Å². The van der Waals surface area contributed by atoms with Crippen LogP contribution in [-0.4, -0.2) is 23.1 Å². The molecule has 0 nitrogen and oxygen atoms in total. The molecule has 0 aromatic carbocycles. The molecule has 0 amide bonds. The Bertz CT molecular complexity index is 9.65.